The molecule has 0 aromatic heterocycles. The van der Waals surface area contributed by atoms with Gasteiger partial charge in [0.15, 0.2) is 0 Å². The van der Waals surface area contributed by atoms with Gasteiger partial charge in [-0.1, -0.05) is 30.3 Å². The Labute approximate surface area is 108 Å². The van der Waals surface area contributed by atoms with Crippen molar-refractivity contribution in [3.8, 4) is 0 Å². The lowest BCUT2D eigenvalue weighted by atomic mass is 10.1. The van der Waals surface area contributed by atoms with E-state index in [1.54, 1.807) is 14.0 Å². The van der Waals surface area contributed by atoms with Gasteiger partial charge in [0.2, 0.25) is 5.91 Å². The van der Waals surface area contributed by atoms with Crippen LogP contribution in [-0.2, 0) is 9.53 Å². The SMILES string of the molecule is COCC(NC(=O)C(C)N)c1ccccc1.Cl. The van der Waals surface area contributed by atoms with Crippen molar-refractivity contribution in [1.29, 1.82) is 0 Å². The van der Waals surface area contributed by atoms with Crippen molar-refractivity contribution in [2.75, 3.05) is 13.7 Å². The largest absolute Gasteiger partial charge is 0.382 e. The molecule has 0 radical (unpaired) electrons. The lowest BCUT2D eigenvalue weighted by Crippen LogP contribution is -2.41. The minimum absolute atomic E-state index is 0. The van der Waals surface area contributed by atoms with Gasteiger partial charge >= 0.3 is 0 Å². The Kier molecular flexibility index (Phi) is 7.54. The van der Waals surface area contributed by atoms with E-state index in [9.17, 15) is 4.79 Å². The van der Waals surface area contributed by atoms with Gasteiger partial charge in [-0.25, -0.2) is 0 Å². The molecular weight excluding hydrogens is 240 g/mol. The van der Waals surface area contributed by atoms with Crippen molar-refractivity contribution in [3.63, 3.8) is 0 Å². The van der Waals surface area contributed by atoms with Crippen molar-refractivity contribution in [2.24, 2.45) is 5.73 Å². The first-order valence-corrected chi connectivity index (χ1v) is 5.25. The summed E-state index contributed by atoms with van der Waals surface area (Å²) in [6, 6.07) is 9.02. The summed E-state index contributed by atoms with van der Waals surface area (Å²) in [4.78, 5) is 11.5. The van der Waals surface area contributed by atoms with Crippen molar-refractivity contribution in [2.45, 2.75) is 19.0 Å². The van der Waals surface area contributed by atoms with Crippen molar-refractivity contribution in [3.05, 3.63) is 35.9 Å². The third-order valence-corrected chi connectivity index (χ3v) is 2.27. The van der Waals surface area contributed by atoms with Gasteiger partial charge < -0.3 is 15.8 Å². The first-order chi connectivity index (χ1) is 7.65. The van der Waals surface area contributed by atoms with Crippen LogP contribution in [-0.4, -0.2) is 25.7 Å². The summed E-state index contributed by atoms with van der Waals surface area (Å²) < 4.78 is 5.08. The summed E-state index contributed by atoms with van der Waals surface area (Å²) in [7, 11) is 1.61. The van der Waals surface area contributed by atoms with E-state index < -0.39 is 6.04 Å². The number of benzene rings is 1. The third-order valence-electron chi connectivity index (χ3n) is 2.27. The van der Waals surface area contributed by atoms with E-state index in [1.807, 2.05) is 30.3 Å². The predicted octanol–water partition coefficient (Wildman–Crippen LogP) is 1.26. The second-order valence-corrected chi connectivity index (χ2v) is 3.72. The molecule has 1 aromatic rings. The van der Waals surface area contributed by atoms with Crippen LogP contribution in [0, 0.1) is 0 Å². The van der Waals surface area contributed by atoms with E-state index >= 15 is 0 Å². The summed E-state index contributed by atoms with van der Waals surface area (Å²) in [5.74, 6) is -0.175. The average molecular weight is 259 g/mol. The fourth-order valence-corrected chi connectivity index (χ4v) is 1.38. The van der Waals surface area contributed by atoms with Crippen molar-refractivity contribution in [1.82, 2.24) is 5.32 Å². The molecule has 1 rings (SSSR count). The maximum atomic E-state index is 11.5. The fraction of sp³-hybridized carbons (Fsp3) is 0.417. The minimum atomic E-state index is -0.511. The number of halogens is 1. The lowest BCUT2D eigenvalue weighted by molar-refractivity contribution is -0.123. The minimum Gasteiger partial charge on any atom is -0.382 e. The van der Waals surface area contributed by atoms with Crippen LogP contribution in [0.3, 0.4) is 0 Å². The molecule has 0 aliphatic heterocycles. The van der Waals surface area contributed by atoms with Gasteiger partial charge in [0.05, 0.1) is 18.7 Å². The number of nitrogens with one attached hydrogen (secondary N) is 1. The standard InChI is InChI=1S/C12H18N2O2.ClH/c1-9(13)12(15)14-11(8-16-2)10-6-4-3-5-7-10;/h3-7,9,11H,8,13H2,1-2H3,(H,14,15);1H. The Morgan fingerprint density at radius 2 is 2.00 bits per heavy atom. The smallest absolute Gasteiger partial charge is 0.237 e. The van der Waals surface area contributed by atoms with Crippen LogP contribution < -0.4 is 11.1 Å². The van der Waals surface area contributed by atoms with Crippen LogP contribution in [0.2, 0.25) is 0 Å². The topological polar surface area (TPSA) is 64.3 Å². The number of ether oxygens (including phenoxy) is 1. The van der Waals surface area contributed by atoms with Gasteiger partial charge in [0.1, 0.15) is 0 Å². The van der Waals surface area contributed by atoms with Crippen LogP contribution in [0.1, 0.15) is 18.5 Å². The van der Waals surface area contributed by atoms with Crippen LogP contribution >= 0.6 is 12.4 Å². The van der Waals surface area contributed by atoms with E-state index in [0.717, 1.165) is 5.56 Å². The first-order valence-electron chi connectivity index (χ1n) is 5.25. The van der Waals surface area contributed by atoms with Crippen LogP contribution in [0.15, 0.2) is 30.3 Å². The molecule has 17 heavy (non-hydrogen) atoms. The highest BCUT2D eigenvalue weighted by atomic mass is 35.5. The lowest BCUT2D eigenvalue weighted by Gasteiger charge is -2.19. The highest BCUT2D eigenvalue weighted by molar-refractivity contribution is 5.85. The number of amides is 1. The average Bonchev–Trinajstić information content (AvgIpc) is 2.29. The van der Waals surface area contributed by atoms with Gasteiger partial charge in [0, 0.05) is 7.11 Å². The summed E-state index contributed by atoms with van der Waals surface area (Å²) in [5, 5.41) is 2.84. The van der Waals surface area contributed by atoms with Crippen LogP contribution in [0.25, 0.3) is 0 Å². The summed E-state index contributed by atoms with van der Waals surface area (Å²) >= 11 is 0. The van der Waals surface area contributed by atoms with Crippen molar-refractivity contribution >= 4 is 18.3 Å². The van der Waals surface area contributed by atoms with E-state index in [4.69, 9.17) is 10.5 Å². The highest BCUT2D eigenvalue weighted by Crippen LogP contribution is 2.12. The highest BCUT2D eigenvalue weighted by Gasteiger charge is 2.16. The Morgan fingerprint density at radius 1 is 1.41 bits per heavy atom. The number of carbonyl (C=O) groups excluding carboxylic acids is 1. The third kappa shape index (κ3) is 5.17. The molecule has 3 N–H and O–H groups in total. The molecule has 0 bridgehead atoms. The zero-order valence-electron chi connectivity index (χ0n) is 10.1. The molecule has 0 saturated carbocycles. The van der Waals surface area contributed by atoms with Crippen molar-refractivity contribution < 1.29 is 9.53 Å². The number of hydrogen-bond donors (Lipinski definition) is 2. The molecule has 2 atom stereocenters. The fourth-order valence-electron chi connectivity index (χ4n) is 1.38. The molecule has 0 spiro atoms. The molecule has 1 amide bonds. The first kappa shape index (κ1) is 15.9. The second kappa shape index (κ2) is 8.06. The Bertz CT molecular complexity index is 331. The number of rotatable bonds is 5. The molecule has 5 heteroatoms. The number of nitrogens with two attached hydrogens (primary N) is 1. The molecule has 0 fully saturated rings. The van der Waals surface area contributed by atoms with Gasteiger partial charge in [-0.05, 0) is 12.5 Å². The summed E-state index contributed by atoms with van der Waals surface area (Å²) in [6.07, 6.45) is 0. The molecule has 0 aliphatic carbocycles. The molecule has 0 saturated heterocycles. The number of carbonyl (C=O) groups is 1. The molecule has 96 valence electrons. The van der Waals surface area contributed by atoms with Gasteiger partial charge in [-0.3, -0.25) is 4.79 Å². The van der Waals surface area contributed by atoms with Gasteiger partial charge in [-0.2, -0.15) is 0 Å². The summed E-state index contributed by atoms with van der Waals surface area (Å²) in [5.41, 5.74) is 6.52. The second-order valence-electron chi connectivity index (χ2n) is 3.72. The normalized spacial score (nSPS) is 13.4. The molecule has 1 aromatic carbocycles. The zero-order valence-corrected chi connectivity index (χ0v) is 10.9. The molecular formula is C12H19ClN2O2. The summed E-state index contributed by atoms with van der Waals surface area (Å²) in [6.45, 7) is 2.09. The Hall–Kier alpha value is -1.10. The van der Waals surface area contributed by atoms with Crippen LogP contribution in [0.4, 0.5) is 0 Å². The molecule has 2 unspecified atom stereocenters. The molecule has 4 nitrogen and oxygen atoms in total. The zero-order chi connectivity index (χ0) is 12.0. The van der Waals surface area contributed by atoms with E-state index in [2.05, 4.69) is 5.32 Å². The Morgan fingerprint density at radius 3 is 2.47 bits per heavy atom. The van der Waals surface area contributed by atoms with E-state index in [0.29, 0.717) is 6.61 Å². The van der Waals surface area contributed by atoms with Gasteiger partial charge in [0.25, 0.3) is 0 Å². The maximum absolute atomic E-state index is 11.5. The molecule has 0 aliphatic rings. The molecule has 0 heterocycles. The maximum Gasteiger partial charge on any atom is 0.237 e. The van der Waals surface area contributed by atoms with E-state index in [1.165, 1.54) is 0 Å². The van der Waals surface area contributed by atoms with E-state index in [-0.39, 0.29) is 24.4 Å². The number of hydrogen-bond acceptors (Lipinski definition) is 3. The Balaban J connectivity index is 0.00000256. The van der Waals surface area contributed by atoms with Crippen LogP contribution in [0.5, 0.6) is 0 Å². The van der Waals surface area contributed by atoms with Gasteiger partial charge in [-0.15, -0.1) is 12.4 Å². The number of methoxy groups -OCH3 is 1. The predicted molar refractivity (Wildman–Crippen MR) is 70.1 cm³/mol. The monoisotopic (exact) mass is 258 g/mol. The quantitative estimate of drug-likeness (QED) is 0.836.